The highest BCUT2D eigenvalue weighted by Crippen LogP contribution is 2.32. The summed E-state index contributed by atoms with van der Waals surface area (Å²) in [6.07, 6.45) is 0.969. The van der Waals surface area contributed by atoms with Gasteiger partial charge in [-0.25, -0.2) is 9.97 Å². The molecule has 0 unspecified atom stereocenters. The van der Waals surface area contributed by atoms with Crippen molar-refractivity contribution in [2.24, 2.45) is 0 Å². The molecule has 1 aromatic heterocycles. The van der Waals surface area contributed by atoms with Crippen LogP contribution in [0.1, 0.15) is 24.7 Å². The van der Waals surface area contributed by atoms with Crippen LogP contribution in [0.3, 0.4) is 0 Å². The number of nitrogens with zero attached hydrogens (tertiary/aromatic N) is 2. The lowest BCUT2D eigenvalue weighted by Crippen LogP contribution is -2.00. The Morgan fingerprint density at radius 3 is 2.63 bits per heavy atom. The zero-order valence-electron chi connectivity index (χ0n) is 11.4. The van der Waals surface area contributed by atoms with Crippen molar-refractivity contribution in [3.8, 4) is 17.0 Å². The lowest BCUT2D eigenvalue weighted by atomic mass is 10.1. The third kappa shape index (κ3) is 3.04. The van der Waals surface area contributed by atoms with E-state index in [1.807, 2.05) is 38.1 Å². The maximum atomic E-state index is 6.13. The molecular formula is C15H17ClN2O. The first kappa shape index (κ1) is 13.8. The van der Waals surface area contributed by atoms with Crippen LogP contribution in [0.15, 0.2) is 24.3 Å². The zero-order valence-corrected chi connectivity index (χ0v) is 12.2. The fraction of sp³-hybridized carbons (Fsp3) is 0.333. The van der Waals surface area contributed by atoms with Crippen molar-refractivity contribution in [1.29, 1.82) is 0 Å². The number of halogens is 1. The van der Waals surface area contributed by atoms with E-state index < -0.39 is 0 Å². The average Bonchev–Trinajstić information content (AvgIpc) is 2.41. The van der Waals surface area contributed by atoms with Gasteiger partial charge in [-0.15, -0.1) is 0 Å². The summed E-state index contributed by atoms with van der Waals surface area (Å²) >= 11 is 6.13. The van der Waals surface area contributed by atoms with Crippen molar-refractivity contribution in [2.45, 2.75) is 27.2 Å². The van der Waals surface area contributed by atoms with E-state index in [-0.39, 0.29) is 0 Å². The predicted molar refractivity (Wildman–Crippen MR) is 77.7 cm³/mol. The molecule has 0 spiro atoms. The Bertz CT molecular complexity index is 584. The first-order valence-corrected chi connectivity index (χ1v) is 6.74. The second-order valence-corrected chi connectivity index (χ2v) is 4.74. The standard InChI is InChI=1S/C15H17ClN2O/c1-4-9-19-13-8-6-5-7-12(13)14-10(2)15(16)18-11(3)17-14/h5-8H,4,9H2,1-3H3. The van der Waals surface area contributed by atoms with Crippen molar-refractivity contribution in [1.82, 2.24) is 9.97 Å². The van der Waals surface area contributed by atoms with Gasteiger partial charge in [-0.1, -0.05) is 30.7 Å². The third-order valence-electron chi connectivity index (χ3n) is 2.80. The Morgan fingerprint density at radius 2 is 1.89 bits per heavy atom. The molecule has 0 fully saturated rings. The largest absolute Gasteiger partial charge is 0.493 e. The fourth-order valence-corrected chi connectivity index (χ4v) is 2.07. The number of aryl methyl sites for hydroxylation is 1. The Labute approximate surface area is 118 Å². The molecule has 0 bridgehead atoms. The second-order valence-electron chi connectivity index (χ2n) is 4.38. The van der Waals surface area contributed by atoms with Crippen LogP contribution >= 0.6 is 11.6 Å². The summed E-state index contributed by atoms with van der Waals surface area (Å²) in [7, 11) is 0. The number of hydrogen-bond donors (Lipinski definition) is 0. The maximum Gasteiger partial charge on any atom is 0.136 e. The smallest absolute Gasteiger partial charge is 0.136 e. The summed E-state index contributed by atoms with van der Waals surface area (Å²) in [5, 5.41) is 0.493. The summed E-state index contributed by atoms with van der Waals surface area (Å²) in [5.74, 6) is 1.50. The molecule has 0 aliphatic carbocycles. The van der Waals surface area contributed by atoms with Gasteiger partial charge in [0.2, 0.25) is 0 Å². The number of ether oxygens (including phenoxy) is 1. The number of hydrogen-bond acceptors (Lipinski definition) is 3. The van der Waals surface area contributed by atoms with E-state index in [1.165, 1.54) is 0 Å². The summed E-state index contributed by atoms with van der Waals surface area (Å²) in [6.45, 7) is 6.53. The number of benzene rings is 1. The monoisotopic (exact) mass is 276 g/mol. The molecule has 0 radical (unpaired) electrons. The third-order valence-corrected chi connectivity index (χ3v) is 3.17. The first-order valence-electron chi connectivity index (χ1n) is 6.36. The van der Waals surface area contributed by atoms with E-state index in [0.29, 0.717) is 17.6 Å². The average molecular weight is 277 g/mol. The minimum atomic E-state index is 0.493. The van der Waals surface area contributed by atoms with Gasteiger partial charge >= 0.3 is 0 Å². The normalized spacial score (nSPS) is 10.5. The van der Waals surface area contributed by atoms with E-state index in [2.05, 4.69) is 16.9 Å². The SMILES string of the molecule is CCCOc1ccccc1-c1nc(C)nc(Cl)c1C. The van der Waals surface area contributed by atoms with Crippen molar-refractivity contribution in [2.75, 3.05) is 6.61 Å². The molecule has 3 nitrogen and oxygen atoms in total. The van der Waals surface area contributed by atoms with E-state index in [0.717, 1.165) is 29.0 Å². The van der Waals surface area contributed by atoms with Crippen LogP contribution in [0.2, 0.25) is 5.15 Å². The molecule has 2 aromatic rings. The first-order chi connectivity index (χ1) is 9.13. The molecule has 0 N–H and O–H groups in total. The Morgan fingerprint density at radius 1 is 1.16 bits per heavy atom. The van der Waals surface area contributed by atoms with Gasteiger partial charge in [0.25, 0.3) is 0 Å². The molecule has 0 aliphatic heterocycles. The fourth-order valence-electron chi connectivity index (χ4n) is 1.86. The minimum absolute atomic E-state index is 0.493. The van der Waals surface area contributed by atoms with Crippen molar-refractivity contribution in [3.63, 3.8) is 0 Å². The molecule has 0 amide bonds. The predicted octanol–water partition coefficient (Wildman–Crippen LogP) is 4.20. The highest BCUT2D eigenvalue weighted by molar-refractivity contribution is 6.30. The van der Waals surface area contributed by atoms with Crippen LogP contribution < -0.4 is 4.74 Å². The summed E-state index contributed by atoms with van der Waals surface area (Å²) in [6, 6.07) is 7.88. The van der Waals surface area contributed by atoms with Gasteiger partial charge in [-0.3, -0.25) is 0 Å². The van der Waals surface area contributed by atoms with Gasteiger partial charge in [0.05, 0.1) is 12.3 Å². The molecule has 0 atom stereocenters. The molecule has 19 heavy (non-hydrogen) atoms. The van der Waals surface area contributed by atoms with Crippen LogP contribution in [0.4, 0.5) is 0 Å². The van der Waals surface area contributed by atoms with Gasteiger partial charge in [0, 0.05) is 11.1 Å². The lowest BCUT2D eigenvalue weighted by molar-refractivity contribution is 0.318. The van der Waals surface area contributed by atoms with Gasteiger partial charge in [0.15, 0.2) is 0 Å². The molecule has 1 heterocycles. The van der Waals surface area contributed by atoms with Crippen LogP contribution in [-0.4, -0.2) is 16.6 Å². The second kappa shape index (κ2) is 6.02. The van der Waals surface area contributed by atoms with Gasteiger partial charge < -0.3 is 4.74 Å². The lowest BCUT2D eigenvalue weighted by Gasteiger charge is -2.13. The number of para-hydroxylation sites is 1. The molecule has 0 aliphatic rings. The van der Waals surface area contributed by atoms with Crippen molar-refractivity contribution < 1.29 is 4.74 Å². The molecule has 4 heteroatoms. The molecule has 0 saturated carbocycles. The Hall–Kier alpha value is -1.61. The van der Waals surface area contributed by atoms with Crippen LogP contribution in [0, 0.1) is 13.8 Å². The topological polar surface area (TPSA) is 35.0 Å². The van der Waals surface area contributed by atoms with Gasteiger partial charge in [-0.2, -0.15) is 0 Å². The summed E-state index contributed by atoms with van der Waals surface area (Å²) in [4.78, 5) is 8.66. The van der Waals surface area contributed by atoms with Crippen LogP contribution in [0.25, 0.3) is 11.3 Å². The van der Waals surface area contributed by atoms with Gasteiger partial charge in [-0.05, 0) is 32.4 Å². The minimum Gasteiger partial charge on any atom is -0.493 e. The Balaban J connectivity index is 2.52. The van der Waals surface area contributed by atoms with E-state index in [9.17, 15) is 0 Å². The highest BCUT2D eigenvalue weighted by atomic mass is 35.5. The summed E-state index contributed by atoms with van der Waals surface area (Å²) < 4.78 is 5.77. The maximum absolute atomic E-state index is 6.13. The quantitative estimate of drug-likeness (QED) is 0.785. The molecular weight excluding hydrogens is 260 g/mol. The molecule has 0 saturated heterocycles. The number of rotatable bonds is 4. The van der Waals surface area contributed by atoms with Crippen molar-refractivity contribution in [3.05, 3.63) is 40.8 Å². The molecule has 2 rings (SSSR count). The highest BCUT2D eigenvalue weighted by Gasteiger charge is 2.13. The number of aromatic nitrogens is 2. The van der Waals surface area contributed by atoms with Crippen molar-refractivity contribution >= 4 is 11.6 Å². The van der Waals surface area contributed by atoms with E-state index in [1.54, 1.807) is 0 Å². The van der Waals surface area contributed by atoms with E-state index >= 15 is 0 Å². The van der Waals surface area contributed by atoms with Crippen LogP contribution in [0.5, 0.6) is 5.75 Å². The van der Waals surface area contributed by atoms with Gasteiger partial charge in [0.1, 0.15) is 16.7 Å². The Kier molecular flexibility index (Phi) is 4.38. The molecule has 100 valence electrons. The zero-order chi connectivity index (χ0) is 13.8. The molecule has 1 aromatic carbocycles. The van der Waals surface area contributed by atoms with Crippen LogP contribution in [-0.2, 0) is 0 Å². The summed E-state index contributed by atoms with van der Waals surface area (Å²) in [5.41, 5.74) is 2.67. The van der Waals surface area contributed by atoms with E-state index in [4.69, 9.17) is 16.3 Å².